The third-order valence-corrected chi connectivity index (χ3v) is 3.70. The topological polar surface area (TPSA) is 80.0 Å². The highest BCUT2D eigenvalue weighted by Crippen LogP contribution is 2.19. The number of hydrogen-bond acceptors (Lipinski definition) is 4. The first-order valence-electron chi connectivity index (χ1n) is 6.88. The van der Waals surface area contributed by atoms with E-state index in [4.69, 9.17) is 0 Å². The summed E-state index contributed by atoms with van der Waals surface area (Å²) in [6.45, 7) is 1.76. The van der Waals surface area contributed by atoms with Crippen LogP contribution in [0.25, 0.3) is 11.0 Å². The second-order valence-corrected chi connectivity index (χ2v) is 5.07. The van der Waals surface area contributed by atoms with Gasteiger partial charge in [0.1, 0.15) is 5.82 Å². The Hall–Kier alpha value is -2.73. The molecule has 3 rings (SSSR count). The van der Waals surface area contributed by atoms with Crippen LogP contribution in [-0.2, 0) is 13.7 Å². The van der Waals surface area contributed by atoms with E-state index in [0.717, 1.165) is 16.9 Å². The van der Waals surface area contributed by atoms with Crippen molar-refractivity contribution in [2.24, 2.45) is 7.05 Å². The highest BCUT2D eigenvalue weighted by molar-refractivity contribution is 6.06. The molecule has 0 atom stereocenters. The van der Waals surface area contributed by atoms with Crippen molar-refractivity contribution in [1.82, 2.24) is 14.5 Å². The molecule has 1 aromatic carbocycles. The lowest BCUT2D eigenvalue weighted by atomic mass is 10.1. The first-order valence-corrected chi connectivity index (χ1v) is 6.88. The molecule has 0 fully saturated rings. The van der Waals surface area contributed by atoms with Gasteiger partial charge < -0.3 is 15.0 Å². The van der Waals surface area contributed by atoms with Crippen molar-refractivity contribution >= 4 is 22.6 Å². The molecule has 2 aromatic heterocycles. The van der Waals surface area contributed by atoms with Gasteiger partial charge in [0.15, 0.2) is 0 Å². The minimum Gasteiger partial charge on any atom is -0.392 e. The van der Waals surface area contributed by atoms with Crippen LogP contribution in [0.1, 0.15) is 21.7 Å². The predicted molar refractivity (Wildman–Crippen MR) is 83.6 cm³/mol. The number of aliphatic hydroxyl groups is 1. The lowest BCUT2D eigenvalue weighted by Gasteiger charge is -2.08. The summed E-state index contributed by atoms with van der Waals surface area (Å²) in [7, 11) is 1.94. The van der Waals surface area contributed by atoms with Gasteiger partial charge >= 0.3 is 0 Å². The third-order valence-electron chi connectivity index (χ3n) is 3.70. The van der Waals surface area contributed by atoms with E-state index in [0.29, 0.717) is 16.8 Å². The van der Waals surface area contributed by atoms with Crippen LogP contribution in [0.4, 0.5) is 5.69 Å². The van der Waals surface area contributed by atoms with Gasteiger partial charge in [0.05, 0.1) is 29.5 Å². The molecular weight excluding hydrogens is 280 g/mol. The van der Waals surface area contributed by atoms with Crippen LogP contribution in [0.2, 0.25) is 0 Å². The number of hydrogen-bond donors (Lipinski definition) is 2. The fraction of sp³-hybridized carbons (Fsp3) is 0.188. The number of pyridine rings is 1. The Labute approximate surface area is 127 Å². The Morgan fingerprint density at radius 2 is 2.18 bits per heavy atom. The largest absolute Gasteiger partial charge is 0.392 e. The monoisotopic (exact) mass is 296 g/mol. The Morgan fingerprint density at radius 3 is 2.95 bits per heavy atom. The zero-order chi connectivity index (χ0) is 15.7. The zero-order valence-corrected chi connectivity index (χ0v) is 12.4. The second-order valence-electron chi connectivity index (χ2n) is 5.07. The van der Waals surface area contributed by atoms with Crippen LogP contribution in [-0.4, -0.2) is 25.5 Å². The van der Waals surface area contributed by atoms with Crippen LogP contribution in [0.15, 0.2) is 36.7 Å². The summed E-state index contributed by atoms with van der Waals surface area (Å²) in [5.74, 6) is 0.635. The zero-order valence-electron chi connectivity index (χ0n) is 12.4. The molecule has 0 bridgehead atoms. The van der Waals surface area contributed by atoms with Crippen molar-refractivity contribution in [1.29, 1.82) is 0 Å². The first kappa shape index (κ1) is 14.2. The number of benzene rings is 1. The minimum atomic E-state index is -0.257. The van der Waals surface area contributed by atoms with Gasteiger partial charge in [-0.2, -0.15) is 0 Å². The molecule has 2 heterocycles. The maximum absolute atomic E-state index is 12.4. The molecule has 0 aliphatic heterocycles. The Morgan fingerprint density at radius 1 is 1.36 bits per heavy atom. The molecule has 0 unspecified atom stereocenters. The maximum Gasteiger partial charge on any atom is 0.255 e. The van der Waals surface area contributed by atoms with Crippen LogP contribution < -0.4 is 5.32 Å². The highest BCUT2D eigenvalue weighted by Gasteiger charge is 2.12. The van der Waals surface area contributed by atoms with Crippen molar-refractivity contribution in [3.63, 3.8) is 0 Å². The Balaban J connectivity index is 1.92. The van der Waals surface area contributed by atoms with Crippen LogP contribution in [0.3, 0.4) is 0 Å². The summed E-state index contributed by atoms with van der Waals surface area (Å²) < 4.78 is 1.97. The second kappa shape index (κ2) is 5.57. The number of carbonyl (C=O) groups excluding carboxylic acids is 1. The van der Waals surface area contributed by atoms with Gasteiger partial charge in [-0.3, -0.25) is 9.78 Å². The quantitative estimate of drug-likeness (QED) is 0.775. The third kappa shape index (κ3) is 2.44. The Kier molecular flexibility index (Phi) is 3.60. The summed E-state index contributed by atoms with van der Waals surface area (Å²) in [5.41, 5.74) is 3.40. The number of aryl methyl sites for hydroxylation is 2. The van der Waals surface area contributed by atoms with Crippen molar-refractivity contribution in [2.75, 3.05) is 5.32 Å². The fourth-order valence-electron chi connectivity index (χ4n) is 2.33. The van der Waals surface area contributed by atoms with E-state index in [1.165, 1.54) is 6.20 Å². The number of amides is 1. The lowest BCUT2D eigenvalue weighted by molar-refractivity contribution is 0.102. The lowest BCUT2D eigenvalue weighted by Crippen LogP contribution is -2.13. The van der Waals surface area contributed by atoms with Gasteiger partial charge in [0, 0.05) is 24.4 Å². The molecule has 0 aliphatic rings. The minimum absolute atomic E-state index is 0.156. The number of aromatic nitrogens is 3. The number of fused-ring (bicyclic) bond motifs is 1. The van der Waals surface area contributed by atoms with Crippen molar-refractivity contribution in [3.05, 3.63) is 53.6 Å². The van der Waals surface area contributed by atoms with Crippen LogP contribution in [0, 0.1) is 6.92 Å². The fourth-order valence-corrected chi connectivity index (χ4v) is 2.33. The maximum atomic E-state index is 12.4. The first-order chi connectivity index (χ1) is 10.6. The SMILES string of the molecule is Cc1nc2cc(C(=O)Nc3cnccc3CO)ccc2n1C. The van der Waals surface area contributed by atoms with Gasteiger partial charge in [-0.25, -0.2) is 4.98 Å². The van der Waals surface area contributed by atoms with E-state index in [9.17, 15) is 9.90 Å². The number of imidazole rings is 1. The van der Waals surface area contributed by atoms with Gasteiger partial charge in [0.2, 0.25) is 0 Å². The number of aliphatic hydroxyl groups excluding tert-OH is 1. The molecule has 0 spiro atoms. The predicted octanol–water partition coefficient (Wildman–Crippen LogP) is 2.02. The number of anilines is 1. The average Bonchev–Trinajstić information content (AvgIpc) is 2.82. The molecule has 0 saturated carbocycles. The molecule has 112 valence electrons. The molecule has 0 radical (unpaired) electrons. The summed E-state index contributed by atoms with van der Waals surface area (Å²) >= 11 is 0. The number of carbonyl (C=O) groups is 1. The molecule has 3 aromatic rings. The molecule has 0 saturated heterocycles. The van der Waals surface area contributed by atoms with Crippen molar-refractivity contribution in [3.8, 4) is 0 Å². The summed E-state index contributed by atoms with van der Waals surface area (Å²) in [6.07, 6.45) is 3.09. The van der Waals surface area contributed by atoms with Gasteiger partial charge in [-0.1, -0.05) is 0 Å². The smallest absolute Gasteiger partial charge is 0.255 e. The molecule has 22 heavy (non-hydrogen) atoms. The number of nitrogens with zero attached hydrogens (tertiary/aromatic N) is 3. The van der Waals surface area contributed by atoms with E-state index in [-0.39, 0.29) is 12.5 Å². The molecular formula is C16H16N4O2. The van der Waals surface area contributed by atoms with E-state index in [2.05, 4.69) is 15.3 Å². The standard InChI is InChI=1S/C16H16N4O2/c1-10-18-13-7-11(3-4-15(13)20(10)2)16(22)19-14-8-17-6-5-12(14)9-21/h3-8,21H,9H2,1-2H3,(H,19,22). The molecule has 6 heteroatoms. The Bertz CT molecular complexity index is 854. The van der Waals surface area contributed by atoms with Crippen molar-refractivity contribution < 1.29 is 9.90 Å². The summed E-state index contributed by atoms with van der Waals surface area (Å²) in [5, 5.41) is 12.1. The van der Waals surface area contributed by atoms with E-state index < -0.39 is 0 Å². The average molecular weight is 296 g/mol. The van der Waals surface area contributed by atoms with Gasteiger partial charge in [-0.05, 0) is 31.2 Å². The summed E-state index contributed by atoms with van der Waals surface area (Å²) in [4.78, 5) is 20.8. The number of nitrogens with one attached hydrogen (secondary N) is 1. The summed E-state index contributed by atoms with van der Waals surface area (Å²) in [6, 6.07) is 7.06. The van der Waals surface area contributed by atoms with Crippen molar-refractivity contribution in [2.45, 2.75) is 13.5 Å². The normalized spacial score (nSPS) is 10.9. The van der Waals surface area contributed by atoms with Gasteiger partial charge in [0.25, 0.3) is 5.91 Å². The van der Waals surface area contributed by atoms with E-state index in [1.54, 1.807) is 24.4 Å². The van der Waals surface area contributed by atoms with Gasteiger partial charge in [-0.15, -0.1) is 0 Å². The highest BCUT2D eigenvalue weighted by atomic mass is 16.3. The molecule has 6 nitrogen and oxygen atoms in total. The van der Waals surface area contributed by atoms with E-state index in [1.807, 2.05) is 24.6 Å². The van der Waals surface area contributed by atoms with Crippen LogP contribution in [0.5, 0.6) is 0 Å². The van der Waals surface area contributed by atoms with Crippen LogP contribution >= 0.6 is 0 Å². The molecule has 2 N–H and O–H groups in total. The molecule has 1 amide bonds. The van der Waals surface area contributed by atoms with E-state index >= 15 is 0 Å². The number of rotatable bonds is 3. The molecule has 0 aliphatic carbocycles.